The Balaban J connectivity index is 1.01. The first kappa shape index (κ1) is 28.0. The maximum Gasteiger partial charge on any atom is 0.416 e. The van der Waals surface area contributed by atoms with Crippen molar-refractivity contribution in [3.8, 4) is 17.2 Å². The van der Waals surface area contributed by atoms with Crippen LogP contribution in [0.5, 0.6) is 0 Å². The summed E-state index contributed by atoms with van der Waals surface area (Å²) in [5.74, 6) is 1.20. The van der Waals surface area contributed by atoms with Crippen molar-refractivity contribution >= 4 is 5.91 Å². The zero-order valence-corrected chi connectivity index (χ0v) is 22.8. The molecule has 6 rings (SSSR count). The van der Waals surface area contributed by atoms with Crippen LogP contribution >= 0.6 is 0 Å². The van der Waals surface area contributed by atoms with Crippen LogP contribution in [-0.4, -0.2) is 58.5 Å². The van der Waals surface area contributed by atoms with Gasteiger partial charge in [-0.15, -0.1) is 0 Å². The minimum absolute atomic E-state index is 0.0456. The number of hydrogen-bond acceptors (Lipinski definition) is 7. The second kappa shape index (κ2) is 11.2. The fourth-order valence-electron chi connectivity index (χ4n) is 6.03. The second-order valence-electron chi connectivity index (χ2n) is 11.2. The molecule has 1 atom stereocenters. The van der Waals surface area contributed by atoms with E-state index >= 15 is 0 Å². The van der Waals surface area contributed by atoms with E-state index in [1.54, 1.807) is 29.6 Å². The molecule has 218 valence electrons. The molecule has 2 aliphatic rings. The van der Waals surface area contributed by atoms with Crippen molar-refractivity contribution in [3.05, 3.63) is 84.6 Å². The van der Waals surface area contributed by atoms with Crippen LogP contribution < -0.4 is 0 Å². The summed E-state index contributed by atoms with van der Waals surface area (Å²) in [4.78, 5) is 36.0. The van der Waals surface area contributed by atoms with Crippen LogP contribution in [0, 0.1) is 11.8 Å². The summed E-state index contributed by atoms with van der Waals surface area (Å²) in [6.07, 6.45) is 9.26. The molecule has 12 heteroatoms. The highest BCUT2D eigenvalue weighted by Crippen LogP contribution is 2.42. The Kier molecular flexibility index (Phi) is 7.48. The molecule has 0 spiro atoms. The number of carbonyl (C=O) groups is 1. The number of aliphatic hydroxyl groups is 1. The average molecular weight is 578 g/mol. The van der Waals surface area contributed by atoms with E-state index in [1.165, 1.54) is 17.1 Å². The molecule has 1 aliphatic heterocycles. The number of likely N-dealkylation sites (tertiary alicyclic amines) is 1. The van der Waals surface area contributed by atoms with E-state index in [0.717, 1.165) is 49.6 Å². The number of alkyl halides is 3. The number of pyridine rings is 2. The lowest BCUT2D eigenvalue weighted by molar-refractivity contribution is -0.137. The normalized spacial score (nSPS) is 22.8. The first-order chi connectivity index (χ1) is 20.2. The molecule has 2 fully saturated rings. The molecule has 42 heavy (non-hydrogen) atoms. The predicted molar refractivity (Wildman–Crippen MR) is 146 cm³/mol. The predicted octanol–water partition coefficient (Wildman–Crippen LogP) is 5.07. The van der Waals surface area contributed by atoms with E-state index in [9.17, 15) is 23.1 Å². The molecular weight excluding hydrogens is 547 g/mol. The Bertz CT molecular complexity index is 1530. The van der Waals surface area contributed by atoms with E-state index in [0.29, 0.717) is 49.3 Å². The van der Waals surface area contributed by atoms with Crippen LogP contribution in [0.2, 0.25) is 0 Å². The molecule has 1 aliphatic carbocycles. The molecular formula is C30H30F3N7O2. The molecule has 0 bridgehead atoms. The molecule has 0 radical (unpaired) electrons. The Labute approximate surface area is 240 Å². The first-order valence-corrected chi connectivity index (χ1v) is 14.0. The Morgan fingerprint density at radius 3 is 2.48 bits per heavy atom. The number of rotatable bonds is 6. The molecule has 0 unspecified atom stereocenters. The van der Waals surface area contributed by atoms with Crippen LogP contribution in [0.15, 0.2) is 67.6 Å². The SMILES string of the molecule is O=C(c1cn(-c2cc(C(F)(F)F)ccn2)cn1)N1CC[C@H](CC2CCC(O)(c3ccc(-c4ncccn4)cn3)CC2)C1. The minimum Gasteiger partial charge on any atom is -0.384 e. The van der Waals surface area contributed by atoms with Gasteiger partial charge in [-0.2, -0.15) is 13.2 Å². The Morgan fingerprint density at radius 1 is 0.976 bits per heavy atom. The number of imidazole rings is 1. The Morgan fingerprint density at radius 2 is 1.76 bits per heavy atom. The molecule has 1 saturated carbocycles. The molecule has 1 amide bonds. The van der Waals surface area contributed by atoms with Crippen molar-refractivity contribution in [2.24, 2.45) is 11.8 Å². The molecule has 4 aromatic heterocycles. The third-order valence-corrected chi connectivity index (χ3v) is 8.38. The van der Waals surface area contributed by atoms with Crippen molar-refractivity contribution in [2.45, 2.75) is 50.3 Å². The highest BCUT2D eigenvalue weighted by atomic mass is 19.4. The summed E-state index contributed by atoms with van der Waals surface area (Å²) < 4.78 is 40.6. The maximum atomic E-state index is 13.1. The lowest BCUT2D eigenvalue weighted by Gasteiger charge is -2.36. The second-order valence-corrected chi connectivity index (χ2v) is 11.2. The lowest BCUT2D eigenvalue weighted by Crippen LogP contribution is -2.33. The third kappa shape index (κ3) is 5.89. The molecule has 0 aromatic carbocycles. The summed E-state index contributed by atoms with van der Waals surface area (Å²) >= 11 is 0. The van der Waals surface area contributed by atoms with Gasteiger partial charge in [0.1, 0.15) is 23.4 Å². The quantitative estimate of drug-likeness (QED) is 0.341. The molecule has 5 heterocycles. The van der Waals surface area contributed by atoms with Crippen LogP contribution in [0.25, 0.3) is 17.2 Å². The van der Waals surface area contributed by atoms with Gasteiger partial charge in [0.25, 0.3) is 5.91 Å². The number of carbonyl (C=O) groups excluding carboxylic acids is 1. The monoisotopic (exact) mass is 577 g/mol. The number of nitrogens with zero attached hydrogens (tertiary/aromatic N) is 7. The number of hydrogen-bond donors (Lipinski definition) is 1. The smallest absolute Gasteiger partial charge is 0.384 e. The van der Waals surface area contributed by atoms with Crippen LogP contribution in [0.4, 0.5) is 13.2 Å². The molecule has 1 N–H and O–H groups in total. The highest BCUT2D eigenvalue weighted by Gasteiger charge is 2.38. The average Bonchev–Trinajstić information content (AvgIpc) is 3.69. The van der Waals surface area contributed by atoms with Gasteiger partial charge < -0.3 is 10.0 Å². The zero-order chi connectivity index (χ0) is 29.3. The largest absolute Gasteiger partial charge is 0.416 e. The van der Waals surface area contributed by atoms with Gasteiger partial charge in [-0.05, 0) is 80.7 Å². The van der Waals surface area contributed by atoms with Gasteiger partial charge in [0, 0.05) is 49.6 Å². The number of aromatic nitrogens is 6. The van der Waals surface area contributed by atoms with Crippen LogP contribution in [0.3, 0.4) is 0 Å². The fourth-order valence-corrected chi connectivity index (χ4v) is 6.03. The van der Waals surface area contributed by atoms with E-state index < -0.39 is 17.3 Å². The van der Waals surface area contributed by atoms with Gasteiger partial charge >= 0.3 is 6.18 Å². The van der Waals surface area contributed by atoms with Gasteiger partial charge in [-0.3, -0.25) is 14.3 Å². The standard InChI is InChI=1S/C30H30F3N7O2/c31-30(32,33)23-6-12-34-26(15-23)40-18-24(38-19-40)28(41)39-13-7-21(17-39)14-20-4-8-29(42,9-5-20)25-3-2-22(16-37-25)27-35-10-1-11-36-27/h1-3,6,10-12,15-16,18-21,42H,4-5,7-9,13-14,17H2/t20?,21-,29?/m1/s1. The van der Waals surface area contributed by atoms with E-state index in [2.05, 4.69) is 24.9 Å². The van der Waals surface area contributed by atoms with Crippen molar-refractivity contribution in [1.82, 2.24) is 34.4 Å². The summed E-state index contributed by atoms with van der Waals surface area (Å²) in [5, 5.41) is 11.3. The fraction of sp³-hybridized carbons (Fsp3) is 0.400. The van der Waals surface area contributed by atoms with Gasteiger partial charge in [-0.25, -0.2) is 19.9 Å². The number of amides is 1. The molecule has 1 saturated heterocycles. The van der Waals surface area contributed by atoms with Crippen LogP contribution in [0.1, 0.15) is 60.3 Å². The lowest BCUT2D eigenvalue weighted by atomic mass is 9.74. The summed E-state index contributed by atoms with van der Waals surface area (Å²) in [5.41, 5.74) is -0.133. The van der Waals surface area contributed by atoms with Crippen LogP contribution in [-0.2, 0) is 11.8 Å². The maximum absolute atomic E-state index is 13.1. The molecule has 9 nitrogen and oxygen atoms in total. The van der Waals surface area contributed by atoms with Gasteiger partial charge in [0.15, 0.2) is 5.82 Å². The summed E-state index contributed by atoms with van der Waals surface area (Å²) in [7, 11) is 0. The minimum atomic E-state index is -4.49. The van der Waals surface area contributed by atoms with Gasteiger partial charge in [0.2, 0.25) is 0 Å². The van der Waals surface area contributed by atoms with E-state index in [4.69, 9.17) is 0 Å². The molecule has 4 aromatic rings. The highest BCUT2D eigenvalue weighted by molar-refractivity contribution is 5.92. The Hall–Kier alpha value is -4.19. The van der Waals surface area contributed by atoms with Gasteiger partial charge in [0.05, 0.1) is 11.3 Å². The van der Waals surface area contributed by atoms with E-state index in [1.807, 2.05) is 12.1 Å². The van der Waals surface area contributed by atoms with Crippen molar-refractivity contribution in [3.63, 3.8) is 0 Å². The summed E-state index contributed by atoms with van der Waals surface area (Å²) in [6.45, 7) is 1.22. The topological polar surface area (TPSA) is 110 Å². The van der Waals surface area contributed by atoms with Crippen molar-refractivity contribution in [2.75, 3.05) is 13.1 Å². The van der Waals surface area contributed by atoms with Crippen molar-refractivity contribution < 1.29 is 23.1 Å². The first-order valence-electron chi connectivity index (χ1n) is 14.0. The van der Waals surface area contributed by atoms with E-state index in [-0.39, 0.29) is 17.4 Å². The number of halogens is 3. The summed E-state index contributed by atoms with van der Waals surface area (Å²) in [6, 6.07) is 7.34. The van der Waals surface area contributed by atoms with Crippen molar-refractivity contribution in [1.29, 1.82) is 0 Å². The zero-order valence-electron chi connectivity index (χ0n) is 22.8. The van der Waals surface area contributed by atoms with Gasteiger partial charge in [-0.1, -0.05) is 0 Å². The third-order valence-electron chi connectivity index (χ3n) is 8.38.